The fourth-order valence-electron chi connectivity index (χ4n) is 3.26. The Balaban J connectivity index is 0.000000252. The molecule has 0 N–H and O–H groups in total. The van der Waals surface area contributed by atoms with Crippen molar-refractivity contribution in [3.63, 3.8) is 0 Å². The van der Waals surface area contributed by atoms with Gasteiger partial charge in [0.05, 0.1) is 0 Å². The van der Waals surface area contributed by atoms with Crippen molar-refractivity contribution in [2.75, 3.05) is 0 Å². The van der Waals surface area contributed by atoms with E-state index >= 15 is 0 Å². The van der Waals surface area contributed by atoms with Crippen LogP contribution < -0.4 is 15.9 Å². The molecule has 8 heteroatoms. The molecule has 0 saturated carbocycles. The zero-order chi connectivity index (χ0) is 27.8. The SMILES string of the molecule is CC.Cc1cc(=O)n(-c2ccc(OC(F)(F)F)cc2)cc1C.Cc1cc(=O)n(-c2ccccc2)cc1C. The third kappa shape index (κ3) is 8.24. The number of para-hydroxylation sites is 1. The molecule has 2 heterocycles. The van der Waals surface area contributed by atoms with E-state index in [1.54, 1.807) is 16.8 Å². The molecule has 0 saturated heterocycles. The highest BCUT2D eigenvalue weighted by Crippen LogP contribution is 2.23. The van der Waals surface area contributed by atoms with Crippen LogP contribution in [0, 0.1) is 27.7 Å². The Hall–Kier alpha value is -4.07. The van der Waals surface area contributed by atoms with Crippen molar-refractivity contribution < 1.29 is 17.9 Å². The fourth-order valence-corrected chi connectivity index (χ4v) is 3.26. The molecular formula is C29H31F3N2O3. The lowest BCUT2D eigenvalue weighted by atomic mass is 10.2. The average Bonchev–Trinajstić information content (AvgIpc) is 2.85. The van der Waals surface area contributed by atoms with Crippen LogP contribution in [0.4, 0.5) is 13.2 Å². The molecule has 4 rings (SSSR count). The van der Waals surface area contributed by atoms with E-state index in [1.807, 2.05) is 78.1 Å². The van der Waals surface area contributed by atoms with Gasteiger partial charge in [0.15, 0.2) is 0 Å². The molecule has 2 aromatic carbocycles. The summed E-state index contributed by atoms with van der Waals surface area (Å²) in [4.78, 5) is 23.6. The normalized spacial score (nSPS) is 10.5. The minimum Gasteiger partial charge on any atom is -0.406 e. The maximum atomic E-state index is 12.0. The van der Waals surface area contributed by atoms with Gasteiger partial charge in [-0.2, -0.15) is 0 Å². The second-order valence-electron chi connectivity index (χ2n) is 8.07. The number of nitrogens with zero attached hydrogens (tertiary/aromatic N) is 2. The smallest absolute Gasteiger partial charge is 0.406 e. The van der Waals surface area contributed by atoms with Crippen LogP contribution >= 0.6 is 0 Å². The Labute approximate surface area is 214 Å². The molecule has 37 heavy (non-hydrogen) atoms. The molecule has 0 aliphatic heterocycles. The summed E-state index contributed by atoms with van der Waals surface area (Å²) in [5.41, 5.74) is 5.11. The monoisotopic (exact) mass is 512 g/mol. The molecule has 0 atom stereocenters. The number of hydrogen-bond donors (Lipinski definition) is 0. The van der Waals surface area contributed by atoms with Gasteiger partial charge in [-0.15, -0.1) is 13.2 Å². The van der Waals surface area contributed by atoms with Crippen molar-refractivity contribution in [2.24, 2.45) is 0 Å². The molecule has 5 nitrogen and oxygen atoms in total. The zero-order valence-electron chi connectivity index (χ0n) is 21.8. The summed E-state index contributed by atoms with van der Waals surface area (Å²) in [5.74, 6) is -0.321. The highest BCUT2D eigenvalue weighted by Gasteiger charge is 2.30. The summed E-state index contributed by atoms with van der Waals surface area (Å²) in [6.45, 7) is 11.6. The van der Waals surface area contributed by atoms with Gasteiger partial charge < -0.3 is 4.74 Å². The molecule has 0 bridgehead atoms. The van der Waals surface area contributed by atoms with Crippen molar-refractivity contribution in [2.45, 2.75) is 47.9 Å². The number of benzene rings is 2. The fraction of sp³-hybridized carbons (Fsp3) is 0.241. The summed E-state index contributed by atoms with van der Waals surface area (Å²) in [5, 5.41) is 0. The van der Waals surface area contributed by atoms with E-state index in [0.717, 1.165) is 27.9 Å². The van der Waals surface area contributed by atoms with Crippen LogP contribution in [0.25, 0.3) is 11.4 Å². The number of alkyl halides is 3. The van der Waals surface area contributed by atoms with Crippen molar-refractivity contribution >= 4 is 0 Å². The van der Waals surface area contributed by atoms with Crippen LogP contribution in [0.3, 0.4) is 0 Å². The van der Waals surface area contributed by atoms with Gasteiger partial charge in [0, 0.05) is 35.9 Å². The van der Waals surface area contributed by atoms with Crippen molar-refractivity contribution in [3.05, 3.63) is 122 Å². The molecule has 0 unspecified atom stereocenters. The van der Waals surface area contributed by atoms with E-state index in [9.17, 15) is 22.8 Å². The third-order valence-electron chi connectivity index (χ3n) is 5.43. The average molecular weight is 513 g/mol. The molecule has 0 aliphatic carbocycles. The van der Waals surface area contributed by atoms with Gasteiger partial charge in [-0.25, -0.2) is 0 Å². The first-order valence-electron chi connectivity index (χ1n) is 11.8. The Morgan fingerprint density at radius 2 is 1.03 bits per heavy atom. The Kier molecular flexibility index (Phi) is 10.1. The highest BCUT2D eigenvalue weighted by molar-refractivity contribution is 5.39. The minimum absolute atomic E-state index is 0.0179. The van der Waals surface area contributed by atoms with E-state index in [-0.39, 0.29) is 16.9 Å². The lowest BCUT2D eigenvalue weighted by Crippen LogP contribution is -2.19. The Morgan fingerprint density at radius 1 is 0.622 bits per heavy atom. The zero-order valence-corrected chi connectivity index (χ0v) is 21.8. The summed E-state index contributed by atoms with van der Waals surface area (Å²) >= 11 is 0. The maximum Gasteiger partial charge on any atom is 0.573 e. The first-order valence-corrected chi connectivity index (χ1v) is 11.8. The summed E-state index contributed by atoms with van der Waals surface area (Å²) in [6.07, 6.45) is -1.19. The van der Waals surface area contributed by atoms with Crippen LogP contribution in [0.2, 0.25) is 0 Å². The lowest BCUT2D eigenvalue weighted by molar-refractivity contribution is -0.274. The third-order valence-corrected chi connectivity index (χ3v) is 5.43. The van der Waals surface area contributed by atoms with Crippen LogP contribution in [0.1, 0.15) is 36.1 Å². The minimum atomic E-state index is -4.72. The predicted molar refractivity (Wildman–Crippen MR) is 141 cm³/mol. The molecule has 0 amide bonds. The van der Waals surface area contributed by atoms with Gasteiger partial charge in [0.25, 0.3) is 11.1 Å². The first kappa shape index (κ1) is 29.2. The Bertz CT molecular complexity index is 1420. The van der Waals surface area contributed by atoms with Crippen LogP contribution in [-0.2, 0) is 0 Å². The van der Waals surface area contributed by atoms with Gasteiger partial charge in [0.1, 0.15) is 5.75 Å². The molecule has 196 valence electrons. The standard InChI is InChI=1S/C14H12F3NO2.C13H13NO.C2H6/c1-9-7-13(19)18(8-10(9)2)11-3-5-12(6-4-11)20-14(15,16)17;1-10-8-13(15)14(9-11(10)2)12-6-4-3-5-7-12;1-2/h3-8H,1-2H3;3-9H,1-2H3;1-2H3. The van der Waals surface area contributed by atoms with E-state index in [4.69, 9.17) is 0 Å². The van der Waals surface area contributed by atoms with Crippen molar-refractivity contribution in [1.29, 1.82) is 0 Å². The maximum absolute atomic E-state index is 12.0. The number of halogens is 3. The largest absolute Gasteiger partial charge is 0.573 e. The first-order chi connectivity index (χ1) is 17.4. The summed E-state index contributed by atoms with van der Waals surface area (Å²) in [7, 11) is 0. The van der Waals surface area contributed by atoms with E-state index in [2.05, 4.69) is 4.74 Å². The molecule has 0 fully saturated rings. The second kappa shape index (κ2) is 12.8. The summed E-state index contributed by atoms with van der Waals surface area (Å²) < 4.78 is 43.0. The van der Waals surface area contributed by atoms with Gasteiger partial charge in [-0.3, -0.25) is 18.7 Å². The molecular weight excluding hydrogens is 481 g/mol. The molecule has 4 aromatic rings. The highest BCUT2D eigenvalue weighted by atomic mass is 19.4. The van der Waals surface area contributed by atoms with Gasteiger partial charge in [-0.1, -0.05) is 32.0 Å². The van der Waals surface area contributed by atoms with Crippen molar-refractivity contribution in [3.8, 4) is 17.1 Å². The van der Waals surface area contributed by atoms with E-state index in [1.165, 1.54) is 34.9 Å². The van der Waals surface area contributed by atoms with E-state index in [0.29, 0.717) is 5.69 Å². The lowest BCUT2D eigenvalue weighted by Gasteiger charge is -2.11. The molecule has 0 spiro atoms. The molecule has 0 aliphatic rings. The number of ether oxygens (including phenoxy) is 1. The number of hydrogen-bond acceptors (Lipinski definition) is 3. The van der Waals surface area contributed by atoms with Gasteiger partial charge in [0.2, 0.25) is 0 Å². The number of rotatable bonds is 3. The molecule has 0 radical (unpaired) electrons. The number of pyridine rings is 2. The quantitative estimate of drug-likeness (QED) is 0.302. The van der Waals surface area contributed by atoms with Gasteiger partial charge in [-0.05, 0) is 86.3 Å². The van der Waals surface area contributed by atoms with Crippen molar-refractivity contribution in [1.82, 2.24) is 9.13 Å². The predicted octanol–water partition coefficient (Wildman–Crippen LogP) is 6.83. The summed E-state index contributed by atoms with van der Waals surface area (Å²) in [6, 6.07) is 17.9. The Morgan fingerprint density at radius 3 is 1.43 bits per heavy atom. The van der Waals surface area contributed by atoms with Gasteiger partial charge >= 0.3 is 6.36 Å². The number of aromatic nitrogens is 2. The van der Waals surface area contributed by atoms with E-state index < -0.39 is 6.36 Å². The van der Waals surface area contributed by atoms with Crippen LogP contribution in [-0.4, -0.2) is 15.5 Å². The molecule has 2 aromatic heterocycles. The second-order valence-corrected chi connectivity index (χ2v) is 8.07. The topological polar surface area (TPSA) is 53.2 Å². The van der Waals surface area contributed by atoms with Crippen LogP contribution in [0.15, 0.2) is 88.7 Å². The number of aryl methyl sites for hydroxylation is 4. The van der Waals surface area contributed by atoms with Crippen LogP contribution in [0.5, 0.6) is 5.75 Å².